The average molecular weight is 277 g/mol. The highest BCUT2D eigenvalue weighted by Gasteiger charge is 2.23. The molecular weight excluding hydrogens is 250 g/mol. The first-order chi connectivity index (χ1) is 9.69. The van der Waals surface area contributed by atoms with E-state index in [1.54, 1.807) is 7.11 Å². The van der Waals surface area contributed by atoms with Gasteiger partial charge in [-0.15, -0.1) is 0 Å². The van der Waals surface area contributed by atoms with Gasteiger partial charge in [-0.05, 0) is 38.1 Å². The Bertz CT molecular complexity index is 424. The molecule has 4 heteroatoms. The van der Waals surface area contributed by atoms with Crippen molar-refractivity contribution < 1.29 is 4.74 Å². The molecule has 0 spiro atoms. The van der Waals surface area contributed by atoms with Gasteiger partial charge in [0.05, 0.1) is 12.8 Å². The summed E-state index contributed by atoms with van der Waals surface area (Å²) in [7, 11) is 1.67. The molecule has 1 saturated heterocycles. The quantitative estimate of drug-likeness (QED) is 0.840. The molecule has 20 heavy (non-hydrogen) atoms. The Morgan fingerprint density at radius 2 is 1.90 bits per heavy atom. The van der Waals surface area contributed by atoms with Gasteiger partial charge in [-0.3, -0.25) is 0 Å². The molecule has 0 aliphatic carbocycles. The summed E-state index contributed by atoms with van der Waals surface area (Å²) < 4.78 is 5.31. The number of methoxy groups -OCH3 is 1. The predicted octanol–water partition coefficient (Wildman–Crippen LogP) is 2.59. The first kappa shape index (κ1) is 15.0. The monoisotopic (exact) mass is 277 g/mol. The van der Waals surface area contributed by atoms with E-state index in [-0.39, 0.29) is 0 Å². The number of piperidine rings is 1. The topological polar surface area (TPSA) is 41.7 Å². The molecule has 1 aromatic carbocycles. The fourth-order valence-corrected chi connectivity index (χ4v) is 3.13. The summed E-state index contributed by atoms with van der Waals surface area (Å²) in [5.74, 6) is 0.772. The van der Waals surface area contributed by atoms with Gasteiger partial charge in [0.2, 0.25) is 0 Å². The Morgan fingerprint density at radius 1 is 1.25 bits per heavy atom. The van der Waals surface area contributed by atoms with E-state index < -0.39 is 0 Å². The number of hydrogen-bond acceptors (Lipinski definition) is 4. The van der Waals surface area contributed by atoms with E-state index in [4.69, 9.17) is 10.5 Å². The fourth-order valence-electron chi connectivity index (χ4n) is 3.13. The summed E-state index contributed by atoms with van der Waals surface area (Å²) in [6, 6.07) is 6.81. The van der Waals surface area contributed by atoms with Crippen molar-refractivity contribution in [2.45, 2.75) is 32.7 Å². The van der Waals surface area contributed by atoms with Crippen LogP contribution in [0.5, 0.6) is 5.75 Å². The van der Waals surface area contributed by atoms with Crippen molar-refractivity contribution in [1.82, 2.24) is 4.90 Å². The minimum absolute atomic E-state index is 0.703. The number of ether oxygens (including phenoxy) is 1. The van der Waals surface area contributed by atoms with Crippen LogP contribution in [0.15, 0.2) is 18.2 Å². The highest BCUT2D eigenvalue weighted by atomic mass is 16.5. The lowest BCUT2D eigenvalue weighted by atomic mass is 10.0. The van der Waals surface area contributed by atoms with E-state index in [1.807, 2.05) is 12.1 Å². The van der Waals surface area contributed by atoms with Crippen LogP contribution in [-0.4, -0.2) is 44.2 Å². The molecule has 0 saturated carbocycles. The van der Waals surface area contributed by atoms with Crippen molar-refractivity contribution in [2.75, 3.05) is 43.9 Å². The van der Waals surface area contributed by atoms with Gasteiger partial charge >= 0.3 is 0 Å². The SMILES string of the molecule is CCN(CC)C1CCN(c2ccc(N)c(OC)c2)CC1. The number of nitrogens with zero attached hydrogens (tertiary/aromatic N) is 2. The van der Waals surface area contributed by atoms with Crippen LogP contribution >= 0.6 is 0 Å². The zero-order valence-corrected chi connectivity index (χ0v) is 12.9. The average Bonchev–Trinajstić information content (AvgIpc) is 2.50. The molecule has 0 bridgehead atoms. The molecule has 0 aromatic heterocycles. The second-order valence-electron chi connectivity index (χ2n) is 5.37. The number of nitrogen functional groups attached to an aromatic ring is 1. The number of hydrogen-bond donors (Lipinski definition) is 1. The second-order valence-corrected chi connectivity index (χ2v) is 5.37. The molecule has 2 N–H and O–H groups in total. The standard InChI is InChI=1S/C16H27N3O/c1-4-18(5-2)13-8-10-19(11-9-13)14-6-7-15(17)16(12-14)20-3/h6-7,12-13H,4-5,8-11,17H2,1-3H3. The van der Waals surface area contributed by atoms with Gasteiger partial charge < -0.3 is 20.3 Å². The van der Waals surface area contributed by atoms with Crippen LogP contribution in [-0.2, 0) is 0 Å². The lowest BCUT2D eigenvalue weighted by Gasteiger charge is -2.38. The molecule has 0 unspecified atom stereocenters. The van der Waals surface area contributed by atoms with Gasteiger partial charge in [0, 0.05) is 30.9 Å². The highest BCUT2D eigenvalue weighted by molar-refractivity contribution is 5.62. The first-order valence-electron chi connectivity index (χ1n) is 7.62. The summed E-state index contributed by atoms with van der Waals surface area (Å²) in [6.07, 6.45) is 2.46. The molecule has 4 nitrogen and oxygen atoms in total. The summed E-state index contributed by atoms with van der Waals surface area (Å²) in [5.41, 5.74) is 7.80. The van der Waals surface area contributed by atoms with Crippen LogP contribution < -0.4 is 15.4 Å². The molecule has 2 rings (SSSR count). The normalized spacial score (nSPS) is 16.7. The summed E-state index contributed by atoms with van der Waals surface area (Å²) >= 11 is 0. The number of rotatable bonds is 5. The van der Waals surface area contributed by atoms with E-state index in [0.29, 0.717) is 5.69 Å². The van der Waals surface area contributed by atoms with E-state index in [0.717, 1.165) is 38.0 Å². The zero-order valence-electron chi connectivity index (χ0n) is 12.9. The molecule has 0 atom stereocenters. The summed E-state index contributed by atoms with van der Waals surface area (Å²) in [5, 5.41) is 0. The lowest BCUT2D eigenvalue weighted by Crippen LogP contribution is -2.44. The smallest absolute Gasteiger partial charge is 0.143 e. The van der Waals surface area contributed by atoms with E-state index >= 15 is 0 Å². The van der Waals surface area contributed by atoms with E-state index in [9.17, 15) is 0 Å². The largest absolute Gasteiger partial charge is 0.495 e. The van der Waals surface area contributed by atoms with Crippen LogP contribution in [0.2, 0.25) is 0 Å². The zero-order chi connectivity index (χ0) is 14.5. The minimum Gasteiger partial charge on any atom is -0.495 e. The molecule has 1 aliphatic heterocycles. The van der Waals surface area contributed by atoms with E-state index in [2.05, 4.69) is 29.7 Å². The molecule has 112 valence electrons. The Labute approximate surface area is 122 Å². The van der Waals surface area contributed by atoms with Gasteiger partial charge in [0.15, 0.2) is 0 Å². The molecule has 0 amide bonds. The first-order valence-corrected chi connectivity index (χ1v) is 7.62. The maximum atomic E-state index is 5.88. The third-order valence-electron chi connectivity index (χ3n) is 4.38. The Hall–Kier alpha value is -1.42. The lowest BCUT2D eigenvalue weighted by molar-refractivity contribution is 0.186. The van der Waals surface area contributed by atoms with Gasteiger partial charge in [0.25, 0.3) is 0 Å². The second kappa shape index (κ2) is 6.84. The summed E-state index contributed by atoms with van der Waals surface area (Å²) in [4.78, 5) is 5.00. The third kappa shape index (κ3) is 3.18. The van der Waals surface area contributed by atoms with Crippen molar-refractivity contribution in [3.05, 3.63) is 18.2 Å². The Balaban J connectivity index is 2.00. The van der Waals surface area contributed by atoms with Crippen LogP contribution in [0, 0.1) is 0 Å². The van der Waals surface area contributed by atoms with Crippen molar-refractivity contribution in [1.29, 1.82) is 0 Å². The van der Waals surface area contributed by atoms with Gasteiger partial charge in [0.1, 0.15) is 5.75 Å². The summed E-state index contributed by atoms with van der Waals surface area (Å²) in [6.45, 7) is 9.01. The number of anilines is 2. The van der Waals surface area contributed by atoms with E-state index in [1.165, 1.54) is 18.5 Å². The van der Waals surface area contributed by atoms with Crippen molar-refractivity contribution in [3.63, 3.8) is 0 Å². The molecule has 1 heterocycles. The Morgan fingerprint density at radius 3 is 2.45 bits per heavy atom. The maximum absolute atomic E-state index is 5.88. The van der Waals surface area contributed by atoms with Crippen molar-refractivity contribution in [2.24, 2.45) is 0 Å². The fraction of sp³-hybridized carbons (Fsp3) is 0.625. The van der Waals surface area contributed by atoms with Gasteiger partial charge in [-0.2, -0.15) is 0 Å². The molecular formula is C16H27N3O. The predicted molar refractivity (Wildman–Crippen MR) is 85.6 cm³/mol. The number of benzene rings is 1. The van der Waals surface area contributed by atoms with Crippen LogP contribution in [0.4, 0.5) is 11.4 Å². The van der Waals surface area contributed by atoms with Gasteiger partial charge in [-0.25, -0.2) is 0 Å². The van der Waals surface area contributed by atoms with Gasteiger partial charge in [-0.1, -0.05) is 13.8 Å². The maximum Gasteiger partial charge on any atom is 0.143 e. The van der Waals surface area contributed by atoms with Crippen molar-refractivity contribution in [3.8, 4) is 5.75 Å². The molecule has 1 aromatic rings. The third-order valence-corrected chi connectivity index (χ3v) is 4.38. The highest BCUT2D eigenvalue weighted by Crippen LogP contribution is 2.29. The van der Waals surface area contributed by atoms with Crippen LogP contribution in [0.25, 0.3) is 0 Å². The van der Waals surface area contributed by atoms with Crippen LogP contribution in [0.3, 0.4) is 0 Å². The number of nitrogens with two attached hydrogens (primary N) is 1. The molecule has 1 aliphatic rings. The minimum atomic E-state index is 0.703. The molecule has 1 fully saturated rings. The molecule has 0 radical (unpaired) electrons. The van der Waals surface area contributed by atoms with Crippen molar-refractivity contribution >= 4 is 11.4 Å². The van der Waals surface area contributed by atoms with Crippen LogP contribution in [0.1, 0.15) is 26.7 Å². The Kier molecular flexibility index (Phi) is 5.12.